The molecule has 1 N–H and O–H groups in total. The third-order valence-electron chi connectivity index (χ3n) is 3.38. The van der Waals surface area contributed by atoms with E-state index in [4.69, 9.17) is 4.74 Å². The highest BCUT2D eigenvalue weighted by Crippen LogP contribution is 2.20. The summed E-state index contributed by atoms with van der Waals surface area (Å²) >= 11 is 3.43. The van der Waals surface area contributed by atoms with E-state index >= 15 is 0 Å². The van der Waals surface area contributed by atoms with Crippen LogP contribution in [-0.4, -0.2) is 43.2 Å². The summed E-state index contributed by atoms with van der Waals surface area (Å²) in [7, 11) is 1.64. The molecule has 1 saturated heterocycles. The van der Waals surface area contributed by atoms with Gasteiger partial charge >= 0.3 is 0 Å². The molecule has 0 saturated carbocycles. The highest BCUT2D eigenvalue weighted by Gasteiger charge is 2.38. The monoisotopic (exact) mass is 326 g/mol. The molecule has 19 heavy (non-hydrogen) atoms. The Morgan fingerprint density at radius 3 is 2.79 bits per heavy atom. The van der Waals surface area contributed by atoms with E-state index in [1.807, 2.05) is 19.1 Å². The number of benzene rings is 1. The standard InChI is InChI=1S/C14H19BrN2O2/c1-14(13(18)16-2)10-17(7-8-19-14)9-11-3-5-12(15)6-4-11/h3-6H,7-10H2,1-2H3,(H,16,18)/t14-/m0/s1. The van der Waals surface area contributed by atoms with Crippen LogP contribution in [0.15, 0.2) is 28.7 Å². The highest BCUT2D eigenvalue weighted by molar-refractivity contribution is 9.10. The SMILES string of the molecule is CNC(=O)[C@]1(C)CN(Cc2ccc(Br)cc2)CCO1. The first-order chi connectivity index (χ1) is 9.03. The fourth-order valence-corrected chi connectivity index (χ4v) is 2.60. The van der Waals surface area contributed by atoms with Crippen LogP contribution in [0.5, 0.6) is 0 Å². The summed E-state index contributed by atoms with van der Waals surface area (Å²) < 4.78 is 6.72. The predicted octanol–water partition coefficient (Wildman–Crippen LogP) is 1.79. The number of ether oxygens (including phenoxy) is 1. The van der Waals surface area contributed by atoms with Gasteiger partial charge in [-0.25, -0.2) is 0 Å². The maximum Gasteiger partial charge on any atom is 0.253 e. The van der Waals surface area contributed by atoms with Crippen molar-refractivity contribution in [3.05, 3.63) is 34.3 Å². The number of rotatable bonds is 3. The number of morpholine rings is 1. The van der Waals surface area contributed by atoms with Crippen LogP contribution in [0.2, 0.25) is 0 Å². The van der Waals surface area contributed by atoms with Crippen molar-refractivity contribution < 1.29 is 9.53 Å². The van der Waals surface area contributed by atoms with Crippen LogP contribution in [0.25, 0.3) is 0 Å². The molecule has 0 aromatic heterocycles. The van der Waals surface area contributed by atoms with E-state index in [1.54, 1.807) is 7.05 Å². The molecule has 0 unspecified atom stereocenters. The lowest BCUT2D eigenvalue weighted by atomic mass is 10.0. The normalized spacial score (nSPS) is 24.2. The van der Waals surface area contributed by atoms with Crippen molar-refractivity contribution in [3.8, 4) is 0 Å². The van der Waals surface area contributed by atoms with Gasteiger partial charge in [0.1, 0.15) is 0 Å². The number of nitrogens with one attached hydrogen (secondary N) is 1. The van der Waals surface area contributed by atoms with Crippen LogP contribution in [0.3, 0.4) is 0 Å². The number of carbonyl (C=O) groups is 1. The largest absolute Gasteiger partial charge is 0.363 e. The fraction of sp³-hybridized carbons (Fsp3) is 0.500. The van der Waals surface area contributed by atoms with Gasteiger partial charge in [-0.15, -0.1) is 0 Å². The second kappa shape index (κ2) is 6.03. The van der Waals surface area contributed by atoms with E-state index in [9.17, 15) is 4.79 Å². The Balaban J connectivity index is 2.01. The minimum atomic E-state index is -0.748. The maximum absolute atomic E-state index is 11.9. The lowest BCUT2D eigenvalue weighted by Crippen LogP contribution is -2.57. The van der Waals surface area contributed by atoms with E-state index in [2.05, 4.69) is 38.3 Å². The number of carbonyl (C=O) groups excluding carboxylic acids is 1. The zero-order valence-electron chi connectivity index (χ0n) is 11.3. The zero-order chi connectivity index (χ0) is 13.9. The average Bonchev–Trinajstić information content (AvgIpc) is 2.40. The molecular weight excluding hydrogens is 308 g/mol. The number of likely N-dealkylation sites (N-methyl/N-ethyl adjacent to an activating group) is 1. The van der Waals surface area contributed by atoms with Crippen LogP contribution in [0.4, 0.5) is 0 Å². The third kappa shape index (κ3) is 3.55. The van der Waals surface area contributed by atoms with E-state index < -0.39 is 5.60 Å². The summed E-state index contributed by atoms with van der Waals surface area (Å²) in [6.07, 6.45) is 0. The Bertz CT molecular complexity index is 449. The Labute approximate surface area is 122 Å². The Morgan fingerprint density at radius 2 is 2.16 bits per heavy atom. The van der Waals surface area contributed by atoms with E-state index in [1.165, 1.54) is 5.56 Å². The lowest BCUT2D eigenvalue weighted by Gasteiger charge is -2.39. The quantitative estimate of drug-likeness (QED) is 0.920. The summed E-state index contributed by atoms with van der Waals surface area (Å²) in [5.74, 6) is -0.0620. The van der Waals surface area contributed by atoms with Gasteiger partial charge in [-0.05, 0) is 24.6 Å². The van der Waals surface area contributed by atoms with Crippen molar-refractivity contribution in [2.45, 2.75) is 19.1 Å². The molecule has 0 bridgehead atoms. The summed E-state index contributed by atoms with van der Waals surface area (Å²) in [5, 5.41) is 2.67. The Kier molecular flexibility index (Phi) is 4.60. The number of amides is 1. The van der Waals surface area contributed by atoms with Crippen molar-refractivity contribution in [1.82, 2.24) is 10.2 Å². The first kappa shape index (κ1) is 14.5. The van der Waals surface area contributed by atoms with Crippen molar-refractivity contribution in [2.24, 2.45) is 0 Å². The van der Waals surface area contributed by atoms with E-state index in [0.29, 0.717) is 13.2 Å². The van der Waals surface area contributed by atoms with Gasteiger partial charge in [-0.1, -0.05) is 28.1 Å². The van der Waals surface area contributed by atoms with E-state index in [0.717, 1.165) is 17.6 Å². The van der Waals surface area contributed by atoms with Crippen LogP contribution in [0, 0.1) is 0 Å². The third-order valence-corrected chi connectivity index (χ3v) is 3.91. The van der Waals surface area contributed by atoms with Crippen LogP contribution >= 0.6 is 15.9 Å². The number of hydrogen-bond donors (Lipinski definition) is 1. The molecule has 104 valence electrons. The van der Waals surface area contributed by atoms with Gasteiger partial charge in [0.2, 0.25) is 0 Å². The van der Waals surface area contributed by atoms with Gasteiger partial charge in [0.05, 0.1) is 6.61 Å². The second-order valence-electron chi connectivity index (χ2n) is 5.00. The Hall–Kier alpha value is -0.910. The van der Waals surface area contributed by atoms with Gasteiger partial charge in [-0.2, -0.15) is 0 Å². The van der Waals surface area contributed by atoms with Gasteiger partial charge in [0, 0.05) is 31.2 Å². The van der Waals surface area contributed by atoms with Crippen LogP contribution in [0.1, 0.15) is 12.5 Å². The van der Waals surface area contributed by atoms with Crippen molar-refractivity contribution in [3.63, 3.8) is 0 Å². The molecule has 1 atom stereocenters. The summed E-state index contributed by atoms with van der Waals surface area (Å²) in [6, 6.07) is 8.26. The molecule has 4 nitrogen and oxygen atoms in total. The number of halogens is 1. The molecule has 2 rings (SSSR count). The maximum atomic E-state index is 11.9. The zero-order valence-corrected chi connectivity index (χ0v) is 12.9. The predicted molar refractivity (Wildman–Crippen MR) is 77.8 cm³/mol. The number of nitrogens with zero attached hydrogens (tertiary/aromatic N) is 1. The first-order valence-corrected chi connectivity index (χ1v) is 7.16. The fourth-order valence-electron chi connectivity index (χ4n) is 2.34. The molecule has 1 aromatic rings. The van der Waals surface area contributed by atoms with Crippen molar-refractivity contribution in [1.29, 1.82) is 0 Å². The molecule has 1 aromatic carbocycles. The molecular formula is C14H19BrN2O2. The summed E-state index contributed by atoms with van der Waals surface area (Å²) in [4.78, 5) is 14.1. The smallest absolute Gasteiger partial charge is 0.253 e. The molecule has 1 fully saturated rings. The van der Waals surface area contributed by atoms with Gasteiger partial charge in [-0.3, -0.25) is 9.69 Å². The second-order valence-corrected chi connectivity index (χ2v) is 5.91. The van der Waals surface area contributed by atoms with Gasteiger partial charge in [0.15, 0.2) is 5.60 Å². The molecule has 5 heteroatoms. The summed E-state index contributed by atoms with van der Waals surface area (Å²) in [5.41, 5.74) is 0.492. The Morgan fingerprint density at radius 1 is 1.47 bits per heavy atom. The molecule has 1 amide bonds. The molecule has 0 radical (unpaired) electrons. The van der Waals surface area contributed by atoms with Gasteiger partial charge in [0.25, 0.3) is 5.91 Å². The molecule has 0 aliphatic carbocycles. The highest BCUT2D eigenvalue weighted by atomic mass is 79.9. The van der Waals surface area contributed by atoms with Crippen molar-refractivity contribution >= 4 is 21.8 Å². The molecule has 1 heterocycles. The molecule has 1 aliphatic rings. The topological polar surface area (TPSA) is 41.6 Å². The van der Waals surface area contributed by atoms with Crippen LogP contribution in [-0.2, 0) is 16.1 Å². The molecule has 1 aliphatic heterocycles. The van der Waals surface area contributed by atoms with Gasteiger partial charge < -0.3 is 10.1 Å². The van der Waals surface area contributed by atoms with Crippen molar-refractivity contribution in [2.75, 3.05) is 26.7 Å². The minimum absolute atomic E-state index is 0.0620. The lowest BCUT2D eigenvalue weighted by molar-refractivity contribution is -0.156. The first-order valence-electron chi connectivity index (χ1n) is 6.36. The number of hydrogen-bond acceptors (Lipinski definition) is 3. The average molecular weight is 327 g/mol. The summed E-state index contributed by atoms with van der Waals surface area (Å²) in [6.45, 7) is 4.73. The van der Waals surface area contributed by atoms with Crippen LogP contribution < -0.4 is 5.32 Å². The molecule has 0 spiro atoms. The van der Waals surface area contributed by atoms with E-state index in [-0.39, 0.29) is 5.91 Å². The minimum Gasteiger partial charge on any atom is -0.363 e.